The Bertz CT molecular complexity index is 1100. The fourth-order valence-corrected chi connectivity index (χ4v) is 10.0. The molecule has 6 aliphatic carbocycles. The lowest BCUT2D eigenvalue weighted by Crippen LogP contribution is -2.71. The molecular weight excluding hydrogens is 492 g/mol. The molecule has 0 aromatic carbocycles. The summed E-state index contributed by atoms with van der Waals surface area (Å²) in [6.07, 6.45) is 3.31. The summed E-state index contributed by atoms with van der Waals surface area (Å²) in [7, 11) is 8.08. The number of rotatable bonds is 6. The van der Waals surface area contributed by atoms with E-state index in [2.05, 4.69) is 0 Å². The molecular formula is C25H30O10S. The van der Waals surface area contributed by atoms with E-state index < -0.39 is 57.8 Å². The third-order valence-electron chi connectivity index (χ3n) is 9.09. The SMILES string of the molecule is COC(=O)C1=C[C@@H]2C(=O)C(OC)(OC)[C@H]1[C@@H]1[C@@H]3[C@H](S[C@@]12C)[C@@H]1C(C(=O)OC)=C[C@H]3C(=O)C1(OC)OC. The normalized spacial score (nSPS) is 40.8. The van der Waals surface area contributed by atoms with E-state index >= 15 is 0 Å². The van der Waals surface area contributed by atoms with Crippen LogP contribution in [0.2, 0.25) is 0 Å². The van der Waals surface area contributed by atoms with Crippen molar-refractivity contribution in [3.63, 3.8) is 0 Å². The van der Waals surface area contributed by atoms with Crippen molar-refractivity contribution in [2.24, 2.45) is 35.5 Å². The molecule has 2 saturated carbocycles. The quantitative estimate of drug-likeness (QED) is 0.365. The van der Waals surface area contributed by atoms with E-state index in [4.69, 9.17) is 28.4 Å². The van der Waals surface area contributed by atoms with Gasteiger partial charge in [0.15, 0.2) is 5.78 Å². The molecule has 0 amide bonds. The van der Waals surface area contributed by atoms with Gasteiger partial charge in [0.1, 0.15) is 0 Å². The lowest BCUT2D eigenvalue weighted by Gasteiger charge is -2.58. The molecule has 10 nitrogen and oxygen atoms in total. The summed E-state index contributed by atoms with van der Waals surface area (Å²) < 4.78 is 32.3. The Kier molecular flexibility index (Phi) is 5.85. The van der Waals surface area contributed by atoms with Crippen molar-refractivity contribution in [1.82, 2.24) is 0 Å². The highest BCUT2D eigenvalue weighted by Crippen LogP contribution is 2.73. The molecule has 3 fully saturated rings. The Morgan fingerprint density at radius 2 is 1.28 bits per heavy atom. The summed E-state index contributed by atoms with van der Waals surface area (Å²) in [5, 5.41) is -0.352. The lowest BCUT2D eigenvalue weighted by atomic mass is 9.47. The Balaban J connectivity index is 1.74. The monoisotopic (exact) mass is 522 g/mol. The number of esters is 2. The fourth-order valence-electron chi connectivity index (χ4n) is 7.72. The van der Waals surface area contributed by atoms with Crippen molar-refractivity contribution < 1.29 is 47.6 Å². The van der Waals surface area contributed by atoms with Crippen LogP contribution >= 0.6 is 11.8 Å². The number of hydrogen-bond donors (Lipinski definition) is 0. The fraction of sp³-hybridized carbons (Fsp3) is 0.680. The number of methoxy groups -OCH3 is 6. The molecule has 0 radical (unpaired) electrons. The Morgan fingerprint density at radius 3 is 1.78 bits per heavy atom. The highest BCUT2D eigenvalue weighted by molar-refractivity contribution is 8.01. The molecule has 0 aromatic heterocycles. The first kappa shape index (κ1) is 25.6. The van der Waals surface area contributed by atoms with Crippen molar-refractivity contribution in [2.45, 2.75) is 28.5 Å². The van der Waals surface area contributed by atoms with Crippen molar-refractivity contribution in [3.8, 4) is 0 Å². The van der Waals surface area contributed by atoms with Gasteiger partial charge in [-0.25, -0.2) is 9.59 Å². The molecule has 7 aliphatic rings. The second-order valence-electron chi connectivity index (χ2n) is 9.94. The molecule has 1 heterocycles. The first-order valence-electron chi connectivity index (χ1n) is 11.7. The van der Waals surface area contributed by atoms with Crippen molar-refractivity contribution in [2.75, 3.05) is 42.7 Å². The van der Waals surface area contributed by atoms with E-state index in [1.807, 2.05) is 6.92 Å². The van der Waals surface area contributed by atoms with Gasteiger partial charge in [0, 0.05) is 55.5 Å². The van der Waals surface area contributed by atoms with Crippen LogP contribution in [0.5, 0.6) is 0 Å². The molecule has 0 unspecified atom stereocenters. The van der Waals surface area contributed by atoms with Gasteiger partial charge in [-0.2, -0.15) is 0 Å². The van der Waals surface area contributed by atoms with Gasteiger partial charge in [-0.15, -0.1) is 11.8 Å². The van der Waals surface area contributed by atoms with Gasteiger partial charge in [0.25, 0.3) is 0 Å². The zero-order chi connectivity index (χ0) is 26.4. The molecule has 8 atom stereocenters. The second-order valence-corrected chi connectivity index (χ2v) is 11.6. The average Bonchev–Trinajstić information content (AvgIpc) is 3.23. The highest BCUT2D eigenvalue weighted by Gasteiger charge is 2.79. The van der Waals surface area contributed by atoms with Crippen LogP contribution in [-0.2, 0) is 47.6 Å². The molecule has 1 saturated heterocycles. The van der Waals surface area contributed by atoms with E-state index in [0.717, 1.165) is 0 Å². The van der Waals surface area contributed by atoms with E-state index in [1.165, 1.54) is 54.4 Å². The molecule has 196 valence electrons. The number of carbonyl (C=O) groups is 4. The van der Waals surface area contributed by atoms with Crippen LogP contribution in [0.3, 0.4) is 0 Å². The minimum absolute atomic E-state index is 0.292. The van der Waals surface area contributed by atoms with Crippen LogP contribution in [-0.4, -0.2) is 87.7 Å². The van der Waals surface area contributed by atoms with Crippen LogP contribution in [0.4, 0.5) is 0 Å². The van der Waals surface area contributed by atoms with E-state index in [9.17, 15) is 19.2 Å². The van der Waals surface area contributed by atoms with Gasteiger partial charge in [-0.1, -0.05) is 12.2 Å². The first-order chi connectivity index (χ1) is 17.1. The molecule has 0 N–H and O–H groups in total. The number of allylic oxidation sites excluding steroid dienone is 2. The minimum atomic E-state index is -1.71. The van der Waals surface area contributed by atoms with Crippen molar-refractivity contribution in [3.05, 3.63) is 23.3 Å². The van der Waals surface area contributed by atoms with Crippen molar-refractivity contribution >= 4 is 35.3 Å². The maximum absolute atomic E-state index is 13.9. The molecule has 0 spiro atoms. The lowest BCUT2D eigenvalue weighted by molar-refractivity contribution is -0.260. The third-order valence-corrected chi connectivity index (χ3v) is 11.0. The Labute approximate surface area is 213 Å². The largest absolute Gasteiger partial charge is 0.466 e. The van der Waals surface area contributed by atoms with Gasteiger partial charge in [-0.05, 0) is 18.8 Å². The predicted molar refractivity (Wildman–Crippen MR) is 124 cm³/mol. The number of thioether (sulfide) groups is 1. The maximum atomic E-state index is 13.9. The van der Waals surface area contributed by atoms with Crippen LogP contribution < -0.4 is 0 Å². The van der Waals surface area contributed by atoms with Crippen LogP contribution in [0.15, 0.2) is 23.3 Å². The number of carbonyl (C=O) groups excluding carboxylic acids is 4. The van der Waals surface area contributed by atoms with Crippen LogP contribution in [0.1, 0.15) is 6.92 Å². The summed E-state index contributed by atoms with van der Waals surface area (Å²) in [4.78, 5) is 53.5. The zero-order valence-corrected chi connectivity index (χ0v) is 22.0. The van der Waals surface area contributed by atoms with E-state index in [0.29, 0.717) is 11.1 Å². The smallest absolute Gasteiger partial charge is 0.333 e. The Morgan fingerprint density at radius 1 is 0.778 bits per heavy atom. The standard InChI is InChI=1S/C25H30O10S/c1-23-13-9-12(22(29)31-3)15(24(32-4,33-5)20(13)27)17(23)14-10-8-11(21(28)30-2)16(18(14)36-23)25(34-6,35-7)19(10)26/h8-10,13-18H,1-7H3/t10-,13-,14-,15-,16+,17+,18+,23-/m1/s1. The zero-order valence-electron chi connectivity index (χ0n) is 21.2. The van der Waals surface area contributed by atoms with Gasteiger partial charge in [0.05, 0.1) is 32.0 Å². The van der Waals surface area contributed by atoms with Gasteiger partial charge in [0.2, 0.25) is 17.4 Å². The van der Waals surface area contributed by atoms with Crippen molar-refractivity contribution in [1.29, 1.82) is 0 Å². The van der Waals surface area contributed by atoms with Crippen LogP contribution in [0, 0.1) is 35.5 Å². The average molecular weight is 523 g/mol. The number of fused-ring (bicyclic) bond motifs is 2. The summed E-state index contributed by atoms with van der Waals surface area (Å²) in [5.74, 6) is -9.04. The molecule has 7 rings (SSSR count). The summed E-state index contributed by atoms with van der Waals surface area (Å²) >= 11 is 1.53. The first-order valence-corrected chi connectivity index (χ1v) is 12.5. The summed E-state index contributed by atoms with van der Waals surface area (Å²) in [6, 6.07) is 0. The molecule has 36 heavy (non-hydrogen) atoms. The molecule has 11 heteroatoms. The van der Waals surface area contributed by atoms with Crippen LogP contribution in [0.25, 0.3) is 0 Å². The number of ketones is 2. The maximum Gasteiger partial charge on any atom is 0.333 e. The van der Waals surface area contributed by atoms with Gasteiger partial charge in [-0.3, -0.25) is 9.59 Å². The molecule has 4 bridgehead atoms. The van der Waals surface area contributed by atoms with E-state index in [1.54, 1.807) is 12.2 Å². The van der Waals surface area contributed by atoms with E-state index in [-0.39, 0.29) is 22.7 Å². The predicted octanol–water partition coefficient (Wildman–Crippen LogP) is 0.927. The minimum Gasteiger partial charge on any atom is -0.466 e. The third kappa shape index (κ3) is 2.68. The number of Topliss-reactive ketones (excluding diaryl/α,β-unsaturated/α-hetero) is 2. The van der Waals surface area contributed by atoms with Gasteiger partial charge >= 0.3 is 11.9 Å². The topological polar surface area (TPSA) is 124 Å². The molecule has 0 aromatic rings. The summed E-state index contributed by atoms with van der Waals surface area (Å²) in [5.41, 5.74) is 0.608. The number of hydrogen-bond acceptors (Lipinski definition) is 11. The molecule has 1 aliphatic heterocycles. The highest BCUT2D eigenvalue weighted by atomic mass is 32.2. The second kappa shape index (κ2) is 8.22. The summed E-state index contributed by atoms with van der Waals surface area (Å²) in [6.45, 7) is 1.97. The van der Waals surface area contributed by atoms with Gasteiger partial charge < -0.3 is 28.4 Å². The number of ether oxygens (including phenoxy) is 6. The Hall–Kier alpha value is -2.05.